The molecule has 0 aliphatic rings. The first kappa shape index (κ1) is 15.8. The van der Waals surface area contributed by atoms with Crippen molar-refractivity contribution in [2.75, 3.05) is 6.54 Å². The molecule has 0 spiro atoms. The SMILES string of the molecule is CCC(NCCC(C)(C)C)c1ccc(Cl)c(Cl)c1. The molecule has 0 heterocycles. The Balaban J connectivity index is 2.63. The Morgan fingerprint density at radius 3 is 2.33 bits per heavy atom. The molecule has 1 aromatic carbocycles. The highest BCUT2D eigenvalue weighted by molar-refractivity contribution is 6.42. The fourth-order valence-corrected chi connectivity index (χ4v) is 2.15. The molecule has 1 rings (SSSR count). The lowest BCUT2D eigenvalue weighted by molar-refractivity contribution is 0.352. The van der Waals surface area contributed by atoms with Gasteiger partial charge in [-0.2, -0.15) is 0 Å². The van der Waals surface area contributed by atoms with Crippen molar-refractivity contribution < 1.29 is 0 Å². The summed E-state index contributed by atoms with van der Waals surface area (Å²) in [4.78, 5) is 0. The maximum atomic E-state index is 6.06. The highest BCUT2D eigenvalue weighted by atomic mass is 35.5. The summed E-state index contributed by atoms with van der Waals surface area (Å²) in [5.74, 6) is 0. The second-order valence-electron chi connectivity index (χ2n) is 5.90. The van der Waals surface area contributed by atoms with E-state index < -0.39 is 0 Å². The second kappa shape index (κ2) is 6.79. The lowest BCUT2D eigenvalue weighted by Crippen LogP contribution is -2.25. The van der Waals surface area contributed by atoms with Gasteiger partial charge in [-0.3, -0.25) is 0 Å². The van der Waals surface area contributed by atoms with Crippen molar-refractivity contribution >= 4 is 23.2 Å². The maximum Gasteiger partial charge on any atom is 0.0595 e. The van der Waals surface area contributed by atoms with Crippen LogP contribution in [0.25, 0.3) is 0 Å². The third-order valence-corrected chi connectivity index (χ3v) is 3.76. The Kier molecular flexibility index (Phi) is 5.97. The predicted molar refractivity (Wildman–Crippen MR) is 81.6 cm³/mol. The zero-order valence-electron chi connectivity index (χ0n) is 11.7. The van der Waals surface area contributed by atoms with Crippen molar-refractivity contribution in [1.29, 1.82) is 0 Å². The maximum absolute atomic E-state index is 6.06. The molecule has 1 unspecified atom stereocenters. The number of rotatable bonds is 5. The van der Waals surface area contributed by atoms with E-state index in [4.69, 9.17) is 23.2 Å². The van der Waals surface area contributed by atoms with Gasteiger partial charge in [0.25, 0.3) is 0 Å². The van der Waals surface area contributed by atoms with Crippen LogP contribution in [0.3, 0.4) is 0 Å². The standard InChI is InChI=1S/C15H23Cl2N/c1-5-14(18-9-8-15(2,3)4)11-6-7-12(16)13(17)10-11/h6-7,10,14,18H,5,8-9H2,1-4H3. The quantitative estimate of drug-likeness (QED) is 0.757. The highest BCUT2D eigenvalue weighted by Crippen LogP contribution is 2.27. The van der Waals surface area contributed by atoms with Crippen LogP contribution in [0, 0.1) is 5.41 Å². The Morgan fingerprint density at radius 1 is 1.17 bits per heavy atom. The van der Waals surface area contributed by atoms with Gasteiger partial charge in [-0.25, -0.2) is 0 Å². The zero-order valence-corrected chi connectivity index (χ0v) is 13.2. The average Bonchev–Trinajstić information content (AvgIpc) is 2.27. The molecule has 0 amide bonds. The molecule has 0 aliphatic heterocycles. The van der Waals surface area contributed by atoms with Gasteiger partial charge in [0.2, 0.25) is 0 Å². The summed E-state index contributed by atoms with van der Waals surface area (Å²) in [5, 5.41) is 4.83. The van der Waals surface area contributed by atoms with Crippen LogP contribution in [0.15, 0.2) is 18.2 Å². The molecular weight excluding hydrogens is 265 g/mol. The lowest BCUT2D eigenvalue weighted by Gasteiger charge is -2.22. The molecule has 18 heavy (non-hydrogen) atoms. The van der Waals surface area contributed by atoms with Gasteiger partial charge in [-0.1, -0.05) is 57.0 Å². The molecule has 0 radical (unpaired) electrons. The van der Waals surface area contributed by atoms with Crippen LogP contribution in [0.4, 0.5) is 0 Å². The van der Waals surface area contributed by atoms with Gasteiger partial charge in [0, 0.05) is 6.04 Å². The van der Waals surface area contributed by atoms with E-state index in [1.165, 1.54) is 5.56 Å². The van der Waals surface area contributed by atoms with Gasteiger partial charge < -0.3 is 5.32 Å². The number of benzene rings is 1. The molecule has 0 aromatic heterocycles. The van der Waals surface area contributed by atoms with Crippen molar-refractivity contribution in [3.05, 3.63) is 33.8 Å². The minimum absolute atomic E-state index is 0.349. The lowest BCUT2D eigenvalue weighted by atomic mass is 9.92. The highest BCUT2D eigenvalue weighted by Gasteiger charge is 2.13. The largest absolute Gasteiger partial charge is 0.310 e. The predicted octanol–water partition coefficient (Wildman–Crippen LogP) is 5.47. The molecule has 0 bridgehead atoms. The first-order valence-electron chi connectivity index (χ1n) is 6.52. The molecule has 1 N–H and O–H groups in total. The zero-order chi connectivity index (χ0) is 13.8. The minimum Gasteiger partial charge on any atom is -0.310 e. The third-order valence-electron chi connectivity index (χ3n) is 3.02. The second-order valence-corrected chi connectivity index (χ2v) is 6.71. The Labute approximate surface area is 121 Å². The molecule has 1 nitrogen and oxygen atoms in total. The summed E-state index contributed by atoms with van der Waals surface area (Å²) in [7, 11) is 0. The van der Waals surface area contributed by atoms with E-state index in [1.807, 2.05) is 18.2 Å². The van der Waals surface area contributed by atoms with E-state index in [1.54, 1.807) is 0 Å². The number of hydrogen-bond acceptors (Lipinski definition) is 1. The minimum atomic E-state index is 0.349. The van der Waals surface area contributed by atoms with E-state index >= 15 is 0 Å². The first-order chi connectivity index (χ1) is 8.33. The van der Waals surface area contributed by atoms with Crippen LogP contribution in [0.2, 0.25) is 10.0 Å². The summed E-state index contributed by atoms with van der Waals surface area (Å²) in [6.07, 6.45) is 2.20. The summed E-state index contributed by atoms with van der Waals surface area (Å²) in [6, 6.07) is 6.23. The summed E-state index contributed by atoms with van der Waals surface area (Å²) in [5.41, 5.74) is 1.57. The van der Waals surface area contributed by atoms with Crippen LogP contribution in [-0.2, 0) is 0 Å². The fraction of sp³-hybridized carbons (Fsp3) is 0.600. The van der Waals surface area contributed by atoms with Gasteiger partial charge in [-0.15, -0.1) is 0 Å². The normalized spacial score (nSPS) is 13.7. The van der Waals surface area contributed by atoms with Crippen molar-refractivity contribution in [3.8, 4) is 0 Å². The van der Waals surface area contributed by atoms with E-state index in [0.29, 0.717) is 21.5 Å². The summed E-state index contributed by atoms with van der Waals surface area (Å²) in [6.45, 7) is 9.97. The number of hydrogen-bond donors (Lipinski definition) is 1. The molecule has 3 heteroatoms. The summed E-state index contributed by atoms with van der Waals surface area (Å²) < 4.78 is 0. The van der Waals surface area contributed by atoms with Crippen molar-refractivity contribution in [2.24, 2.45) is 5.41 Å². The van der Waals surface area contributed by atoms with Crippen LogP contribution < -0.4 is 5.32 Å². The Morgan fingerprint density at radius 2 is 1.83 bits per heavy atom. The molecule has 0 saturated heterocycles. The molecule has 0 aliphatic carbocycles. The van der Waals surface area contributed by atoms with Crippen LogP contribution in [0.1, 0.15) is 52.1 Å². The van der Waals surface area contributed by atoms with Crippen LogP contribution >= 0.6 is 23.2 Å². The summed E-state index contributed by atoms with van der Waals surface area (Å²) >= 11 is 12.0. The van der Waals surface area contributed by atoms with E-state index in [0.717, 1.165) is 19.4 Å². The van der Waals surface area contributed by atoms with E-state index in [2.05, 4.69) is 33.0 Å². The number of halogens is 2. The number of nitrogens with one attached hydrogen (secondary N) is 1. The van der Waals surface area contributed by atoms with Gasteiger partial charge in [0.05, 0.1) is 10.0 Å². The molecule has 1 atom stereocenters. The van der Waals surface area contributed by atoms with E-state index in [9.17, 15) is 0 Å². The van der Waals surface area contributed by atoms with E-state index in [-0.39, 0.29) is 0 Å². The Bertz CT molecular complexity index is 383. The van der Waals surface area contributed by atoms with Crippen molar-refractivity contribution in [2.45, 2.75) is 46.6 Å². The smallest absolute Gasteiger partial charge is 0.0595 e. The molecule has 102 valence electrons. The van der Waals surface area contributed by atoms with Crippen molar-refractivity contribution in [3.63, 3.8) is 0 Å². The average molecular weight is 288 g/mol. The topological polar surface area (TPSA) is 12.0 Å². The molecule has 0 fully saturated rings. The van der Waals surface area contributed by atoms with Gasteiger partial charge in [-0.05, 0) is 42.5 Å². The van der Waals surface area contributed by atoms with Crippen LogP contribution in [-0.4, -0.2) is 6.54 Å². The van der Waals surface area contributed by atoms with Crippen molar-refractivity contribution in [1.82, 2.24) is 5.32 Å². The molecule has 0 saturated carbocycles. The van der Waals surface area contributed by atoms with Gasteiger partial charge >= 0.3 is 0 Å². The monoisotopic (exact) mass is 287 g/mol. The fourth-order valence-electron chi connectivity index (χ4n) is 1.85. The van der Waals surface area contributed by atoms with Gasteiger partial charge in [0.1, 0.15) is 0 Å². The van der Waals surface area contributed by atoms with Crippen LogP contribution in [0.5, 0.6) is 0 Å². The molecule has 1 aromatic rings. The Hall–Kier alpha value is -0.240. The molecular formula is C15H23Cl2N. The first-order valence-corrected chi connectivity index (χ1v) is 7.27. The van der Waals surface area contributed by atoms with Gasteiger partial charge in [0.15, 0.2) is 0 Å². The third kappa shape index (κ3) is 5.17.